The fourth-order valence-corrected chi connectivity index (χ4v) is 5.69. The number of hydrogen-bond acceptors (Lipinski definition) is 6. The SMILES string of the molecule is COc1cc(CC(=O)O)ccc1OC1CCN(CC(O)(c2cn(Cc3ccccc3)c3cc(C#N)ccc23)C(F)F)CC1. The molecule has 2 heterocycles. The van der Waals surface area contributed by atoms with E-state index in [1.807, 2.05) is 39.8 Å². The summed E-state index contributed by atoms with van der Waals surface area (Å²) in [5.41, 5.74) is 0.249. The lowest BCUT2D eigenvalue weighted by Gasteiger charge is -2.38. The second-order valence-electron chi connectivity index (χ2n) is 10.9. The summed E-state index contributed by atoms with van der Waals surface area (Å²) < 4.78 is 42.9. The summed E-state index contributed by atoms with van der Waals surface area (Å²) in [6.07, 6.45) is -0.719. The van der Waals surface area contributed by atoms with Gasteiger partial charge in [-0.05, 0) is 48.2 Å². The van der Waals surface area contributed by atoms with Crippen LogP contribution in [0.4, 0.5) is 8.78 Å². The highest BCUT2D eigenvalue weighted by atomic mass is 19.3. The molecule has 0 saturated carbocycles. The maximum Gasteiger partial charge on any atom is 0.307 e. The van der Waals surface area contributed by atoms with Crippen molar-refractivity contribution in [2.75, 3.05) is 26.7 Å². The number of aliphatic hydroxyl groups is 1. The Balaban J connectivity index is 1.33. The first kappa shape index (κ1) is 30.0. The molecular formula is C33H33F2N3O5. The molecule has 10 heteroatoms. The Morgan fingerprint density at radius 2 is 1.81 bits per heavy atom. The number of aliphatic carboxylic acids is 1. The van der Waals surface area contributed by atoms with E-state index in [4.69, 9.17) is 14.6 Å². The lowest BCUT2D eigenvalue weighted by atomic mass is 9.91. The number of halogens is 2. The van der Waals surface area contributed by atoms with E-state index < -0.39 is 18.0 Å². The number of alkyl halides is 2. The van der Waals surface area contributed by atoms with E-state index in [0.29, 0.717) is 66.0 Å². The van der Waals surface area contributed by atoms with E-state index >= 15 is 0 Å². The Morgan fingerprint density at radius 3 is 2.47 bits per heavy atom. The van der Waals surface area contributed by atoms with Gasteiger partial charge in [0.2, 0.25) is 0 Å². The molecule has 1 atom stereocenters. The number of fused-ring (bicyclic) bond motifs is 1. The van der Waals surface area contributed by atoms with Crippen LogP contribution in [0, 0.1) is 11.3 Å². The molecular weight excluding hydrogens is 556 g/mol. The zero-order chi connectivity index (χ0) is 30.6. The summed E-state index contributed by atoms with van der Waals surface area (Å²) in [5.74, 6) is -0.0265. The third-order valence-electron chi connectivity index (χ3n) is 7.91. The molecule has 0 aliphatic carbocycles. The van der Waals surface area contributed by atoms with Crippen LogP contribution in [0.25, 0.3) is 10.9 Å². The van der Waals surface area contributed by atoms with Crippen molar-refractivity contribution >= 4 is 16.9 Å². The second-order valence-corrected chi connectivity index (χ2v) is 10.9. The molecule has 4 aromatic rings. The van der Waals surface area contributed by atoms with Crippen molar-refractivity contribution in [3.05, 3.63) is 95.2 Å². The van der Waals surface area contributed by atoms with Crippen LogP contribution in [0.15, 0.2) is 72.9 Å². The van der Waals surface area contributed by atoms with Crippen molar-refractivity contribution in [3.8, 4) is 17.6 Å². The number of nitriles is 1. The van der Waals surface area contributed by atoms with E-state index in [0.717, 1.165) is 5.56 Å². The van der Waals surface area contributed by atoms with E-state index in [1.54, 1.807) is 42.6 Å². The van der Waals surface area contributed by atoms with Crippen molar-refractivity contribution in [2.45, 2.75) is 43.9 Å². The molecule has 43 heavy (non-hydrogen) atoms. The van der Waals surface area contributed by atoms with Crippen molar-refractivity contribution < 1.29 is 33.3 Å². The minimum absolute atomic E-state index is 0.127. The van der Waals surface area contributed by atoms with Gasteiger partial charge in [-0.1, -0.05) is 42.5 Å². The molecule has 0 amide bonds. The average molecular weight is 590 g/mol. The van der Waals surface area contributed by atoms with Crippen molar-refractivity contribution in [2.24, 2.45) is 0 Å². The number of rotatable bonds is 11. The number of methoxy groups -OCH3 is 1. The molecule has 0 bridgehead atoms. The van der Waals surface area contributed by atoms with Crippen LogP contribution in [-0.2, 0) is 23.4 Å². The van der Waals surface area contributed by atoms with Crippen LogP contribution >= 0.6 is 0 Å². The molecule has 1 unspecified atom stereocenters. The topological polar surface area (TPSA) is 108 Å². The number of carbonyl (C=O) groups is 1. The standard InChI is InChI=1S/C33H33F2N3O5/c1-42-30-16-23(17-31(39)40)8-10-29(30)43-25-11-13-37(14-12-25)21-33(41,32(34)35)27-20-38(19-22-5-3-2-4-6-22)28-15-24(18-36)7-9-26(27)28/h2-10,15-16,20,25,32,41H,11-14,17,19,21H2,1H3,(H,39,40). The molecule has 0 spiro atoms. The quantitative estimate of drug-likeness (QED) is 0.248. The van der Waals surface area contributed by atoms with E-state index in [2.05, 4.69) is 6.07 Å². The molecule has 1 fully saturated rings. The number of benzene rings is 3. The normalized spacial score (nSPS) is 15.7. The molecule has 2 N–H and O–H groups in total. The van der Waals surface area contributed by atoms with Gasteiger partial charge >= 0.3 is 5.97 Å². The minimum atomic E-state index is -3.05. The number of nitrogens with zero attached hydrogens (tertiary/aromatic N) is 3. The number of ether oxygens (including phenoxy) is 2. The van der Waals surface area contributed by atoms with Gasteiger partial charge in [0, 0.05) is 43.3 Å². The Morgan fingerprint density at radius 1 is 1.07 bits per heavy atom. The molecule has 5 rings (SSSR count). The predicted octanol–water partition coefficient (Wildman–Crippen LogP) is 5.19. The van der Waals surface area contributed by atoms with Crippen LogP contribution in [0.1, 0.15) is 35.1 Å². The summed E-state index contributed by atoms with van der Waals surface area (Å²) in [4.78, 5) is 12.9. The smallest absolute Gasteiger partial charge is 0.307 e. The molecule has 0 radical (unpaired) electrons. The van der Waals surface area contributed by atoms with Crippen molar-refractivity contribution in [3.63, 3.8) is 0 Å². The van der Waals surface area contributed by atoms with Crippen LogP contribution in [0.2, 0.25) is 0 Å². The Labute approximate surface area is 248 Å². The van der Waals surface area contributed by atoms with Crippen LogP contribution in [0.5, 0.6) is 11.5 Å². The monoisotopic (exact) mass is 589 g/mol. The van der Waals surface area contributed by atoms with Crippen LogP contribution in [-0.4, -0.2) is 64.9 Å². The first-order valence-electron chi connectivity index (χ1n) is 14.1. The van der Waals surface area contributed by atoms with Gasteiger partial charge in [0.15, 0.2) is 17.1 Å². The summed E-state index contributed by atoms with van der Waals surface area (Å²) >= 11 is 0. The van der Waals surface area contributed by atoms with E-state index in [1.165, 1.54) is 7.11 Å². The number of piperidine rings is 1. The highest BCUT2D eigenvalue weighted by Gasteiger charge is 2.44. The average Bonchev–Trinajstić information content (AvgIpc) is 3.36. The Hall–Kier alpha value is -4.46. The third kappa shape index (κ3) is 6.63. The number of hydrogen-bond donors (Lipinski definition) is 2. The maximum atomic E-state index is 14.8. The van der Waals surface area contributed by atoms with E-state index in [9.17, 15) is 23.9 Å². The molecule has 1 aliphatic heterocycles. The van der Waals surface area contributed by atoms with Gasteiger partial charge in [0.1, 0.15) is 6.10 Å². The lowest BCUT2D eigenvalue weighted by Crippen LogP contribution is -2.49. The zero-order valence-corrected chi connectivity index (χ0v) is 23.7. The highest BCUT2D eigenvalue weighted by molar-refractivity contribution is 5.86. The largest absolute Gasteiger partial charge is 0.493 e. The summed E-state index contributed by atoms with van der Waals surface area (Å²) in [6.45, 7) is 0.991. The van der Waals surface area contributed by atoms with Crippen molar-refractivity contribution in [1.29, 1.82) is 5.26 Å². The molecule has 1 aliphatic rings. The molecule has 8 nitrogen and oxygen atoms in total. The van der Waals surface area contributed by atoms with Gasteiger partial charge in [-0.25, -0.2) is 8.78 Å². The molecule has 3 aromatic carbocycles. The fraction of sp³-hybridized carbons (Fsp3) is 0.333. The Bertz CT molecular complexity index is 1630. The summed E-state index contributed by atoms with van der Waals surface area (Å²) in [5, 5.41) is 30.6. The van der Waals surface area contributed by atoms with Gasteiger partial charge in [-0.2, -0.15) is 5.26 Å². The number of β-amino-alcohol motifs (C(OH)–C–C–N with tert-alkyl or cyclic N) is 1. The minimum Gasteiger partial charge on any atom is -0.493 e. The van der Waals surface area contributed by atoms with Gasteiger partial charge in [0.05, 0.1) is 30.7 Å². The molecule has 1 aromatic heterocycles. The molecule has 224 valence electrons. The van der Waals surface area contributed by atoms with Crippen LogP contribution < -0.4 is 9.47 Å². The van der Waals surface area contributed by atoms with Gasteiger partial charge in [0.25, 0.3) is 6.43 Å². The first-order valence-corrected chi connectivity index (χ1v) is 14.1. The lowest BCUT2D eigenvalue weighted by molar-refractivity contribution is -0.136. The number of carboxylic acid groups (broad SMARTS) is 1. The highest BCUT2D eigenvalue weighted by Crippen LogP contribution is 2.38. The van der Waals surface area contributed by atoms with Crippen LogP contribution in [0.3, 0.4) is 0 Å². The van der Waals surface area contributed by atoms with Crippen molar-refractivity contribution in [1.82, 2.24) is 9.47 Å². The predicted molar refractivity (Wildman–Crippen MR) is 157 cm³/mol. The number of carboxylic acids is 1. The van der Waals surface area contributed by atoms with Gasteiger partial charge in [-0.3, -0.25) is 9.69 Å². The zero-order valence-electron chi connectivity index (χ0n) is 23.7. The maximum absolute atomic E-state index is 14.8. The molecule has 1 saturated heterocycles. The number of likely N-dealkylation sites (tertiary alicyclic amines) is 1. The van der Waals surface area contributed by atoms with Gasteiger partial charge in [-0.15, -0.1) is 0 Å². The third-order valence-corrected chi connectivity index (χ3v) is 7.91. The van der Waals surface area contributed by atoms with E-state index in [-0.39, 0.29) is 24.6 Å². The van der Waals surface area contributed by atoms with Gasteiger partial charge < -0.3 is 24.3 Å². The Kier molecular flexibility index (Phi) is 8.94. The summed E-state index contributed by atoms with van der Waals surface area (Å²) in [7, 11) is 1.48. The summed E-state index contributed by atoms with van der Waals surface area (Å²) in [6, 6.07) is 21.5. The first-order chi connectivity index (χ1) is 20.7. The fourth-order valence-electron chi connectivity index (χ4n) is 5.69. The number of aromatic nitrogens is 1. The second kappa shape index (κ2) is 12.8.